The van der Waals surface area contributed by atoms with Crippen LogP contribution in [0.2, 0.25) is 0 Å². The molecule has 2 amide bonds. The third-order valence-corrected chi connectivity index (χ3v) is 10.5. The summed E-state index contributed by atoms with van der Waals surface area (Å²) in [4.78, 5) is 44.1. The predicted octanol–water partition coefficient (Wildman–Crippen LogP) is 4.97. The number of Topliss-reactive ketones (excluding diaryl/α,β-unsaturated/α-hetero) is 1. The number of alkyl halides is 3. The number of ketones is 1. The summed E-state index contributed by atoms with van der Waals surface area (Å²) in [5.41, 5.74) is -0.474. The van der Waals surface area contributed by atoms with Crippen LogP contribution in [0.5, 0.6) is 0 Å². The Balaban J connectivity index is 1.28. The van der Waals surface area contributed by atoms with E-state index in [2.05, 4.69) is 15.6 Å². The third kappa shape index (κ3) is 7.66. The van der Waals surface area contributed by atoms with E-state index < -0.39 is 64.0 Å². The third-order valence-electron chi connectivity index (χ3n) is 8.58. The van der Waals surface area contributed by atoms with Crippen LogP contribution < -0.4 is 10.6 Å². The summed E-state index contributed by atoms with van der Waals surface area (Å²) in [7, 11) is -4.05. The molecule has 2 aliphatic rings. The van der Waals surface area contributed by atoms with Crippen LogP contribution >= 0.6 is 0 Å². The minimum Gasteiger partial charge on any atom is -0.451 e. The number of amides is 2. The van der Waals surface area contributed by atoms with Gasteiger partial charge in [-0.2, -0.15) is 17.5 Å². The van der Waals surface area contributed by atoms with Gasteiger partial charge in [0.25, 0.3) is 15.9 Å². The van der Waals surface area contributed by atoms with E-state index in [9.17, 15) is 36.0 Å². The Morgan fingerprint density at radius 3 is 2.39 bits per heavy atom. The smallest absolute Gasteiger partial charge is 0.416 e. The van der Waals surface area contributed by atoms with Crippen LogP contribution in [0.15, 0.2) is 70.2 Å². The van der Waals surface area contributed by atoms with Crippen LogP contribution in [-0.4, -0.2) is 60.0 Å². The van der Waals surface area contributed by atoms with Gasteiger partial charge in [0.05, 0.1) is 18.2 Å². The molecule has 3 aromatic rings. The van der Waals surface area contributed by atoms with Crippen LogP contribution in [0.1, 0.15) is 68.0 Å². The number of furan rings is 1. The number of carbonyl (C=O) groups excluding carboxylic acids is 3. The van der Waals surface area contributed by atoms with Gasteiger partial charge in [0, 0.05) is 17.8 Å². The average molecular weight is 661 g/mol. The SMILES string of the molecule is C[C@@H]1CC[C@H](NC(=O)[C@H](CC2CCCC2)NC(=O)c2ccc(-c3ccc(C(F)(F)F)cc3)o2)C(=O)CN1S(=O)(=O)c1ccccn1. The maximum atomic E-state index is 13.6. The van der Waals surface area contributed by atoms with E-state index in [1.165, 1.54) is 36.5 Å². The highest BCUT2D eigenvalue weighted by Gasteiger charge is 2.38. The first-order valence-corrected chi connectivity index (χ1v) is 16.6. The van der Waals surface area contributed by atoms with Gasteiger partial charge in [-0.25, -0.2) is 13.4 Å². The fraction of sp³-hybridized carbons (Fsp3) is 0.438. The highest BCUT2D eigenvalue weighted by atomic mass is 32.2. The Kier molecular flexibility index (Phi) is 9.96. The van der Waals surface area contributed by atoms with Gasteiger partial charge in [0.15, 0.2) is 16.6 Å². The van der Waals surface area contributed by atoms with E-state index in [1.54, 1.807) is 19.1 Å². The standard InChI is InChI=1S/C32H35F3N4O6S/c1-20-9-14-24(26(40)19-39(20)46(43,44)29-8-4-5-17-36-29)37-30(41)25(18-21-6-2-3-7-21)38-31(42)28-16-15-27(45-28)22-10-12-23(13-11-22)32(33,34)35/h4-5,8,10-13,15-17,20-21,24-25H,2-3,6-7,9,14,18-19H2,1H3,(H,37,41)(H,38,42)/t20-,24+,25+/m1/s1. The molecule has 246 valence electrons. The molecule has 1 aliphatic carbocycles. The fourth-order valence-corrected chi connectivity index (χ4v) is 7.54. The first-order valence-electron chi connectivity index (χ1n) is 15.2. The number of hydrogen-bond acceptors (Lipinski definition) is 7. The van der Waals surface area contributed by atoms with Crippen LogP contribution in [0.25, 0.3) is 11.3 Å². The number of nitrogens with zero attached hydrogens (tertiary/aromatic N) is 2. The molecule has 2 aromatic heterocycles. The Labute approximate surface area is 264 Å². The molecule has 0 radical (unpaired) electrons. The highest BCUT2D eigenvalue weighted by molar-refractivity contribution is 7.89. The van der Waals surface area contributed by atoms with Gasteiger partial charge in [-0.1, -0.05) is 43.9 Å². The predicted molar refractivity (Wildman–Crippen MR) is 161 cm³/mol. The second-order valence-corrected chi connectivity index (χ2v) is 13.7. The van der Waals surface area contributed by atoms with E-state index >= 15 is 0 Å². The molecule has 14 heteroatoms. The topological polar surface area (TPSA) is 139 Å². The van der Waals surface area contributed by atoms with E-state index in [0.29, 0.717) is 18.4 Å². The molecule has 1 saturated carbocycles. The van der Waals surface area contributed by atoms with E-state index in [-0.39, 0.29) is 28.9 Å². The lowest BCUT2D eigenvalue weighted by molar-refractivity contribution is -0.137. The second-order valence-electron chi connectivity index (χ2n) is 11.8. The lowest BCUT2D eigenvalue weighted by Crippen LogP contribution is -2.52. The monoisotopic (exact) mass is 660 g/mol. The van der Waals surface area contributed by atoms with Crippen molar-refractivity contribution in [1.29, 1.82) is 0 Å². The molecule has 2 N–H and O–H groups in total. The molecule has 0 spiro atoms. The molecule has 0 bridgehead atoms. The number of aromatic nitrogens is 1. The zero-order valence-corrected chi connectivity index (χ0v) is 25.9. The minimum absolute atomic E-state index is 0.131. The van der Waals surface area contributed by atoms with Crippen molar-refractivity contribution in [3.8, 4) is 11.3 Å². The van der Waals surface area contributed by atoms with Crippen molar-refractivity contribution >= 4 is 27.6 Å². The van der Waals surface area contributed by atoms with Gasteiger partial charge in [0.2, 0.25) is 5.91 Å². The molecule has 2 fully saturated rings. The Hall–Kier alpha value is -4.04. The zero-order valence-electron chi connectivity index (χ0n) is 25.1. The first kappa shape index (κ1) is 33.3. The van der Waals surface area contributed by atoms with Crippen LogP contribution in [0, 0.1) is 5.92 Å². The second kappa shape index (κ2) is 13.8. The van der Waals surface area contributed by atoms with Crippen LogP contribution in [0.3, 0.4) is 0 Å². The number of rotatable bonds is 9. The van der Waals surface area contributed by atoms with Gasteiger partial charge in [-0.15, -0.1) is 0 Å². The summed E-state index contributed by atoms with van der Waals surface area (Å²) in [6.07, 6.45) is 1.50. The Bertz CT molecular complexity index is 1650. The molecule has 46 heavy (non-hydrogen) atoms. The van der Waals surface area contributed by atoms with Gasteiger partial charge in [-0.3, -0.25) is 14.4 Å². The number of hydrogen-bond donors (Lipinski definition) is 2. The van der Waals surface area contributed by atoms with E-state index in [1.807, 2.05) is 0 Å². The molecule has 0 unspecified atom stereocenters. The molecule has 1 aliphatic heterocycles. The number of nitrogens with one attached hydrogen (secondary N) is 2. The van der Waals surface area contributed by atoms with Crippen molar-refractivity contribution in [2.75, 3.05) is 6.54 Å². The normalized spacial score (nSPS) is 20.7. The lowest BCUT2D eigenvalue weighted by Gasteiger charge is -2.25. The maximum Gasteiger partial charge on any atom is 0.416 e. The first-order chi connectivity index (χ1) is 21.8. The number of sulfonamides is 1. The molecular weight excluding hydrogens is 625 g/mol. The number of pyridine rings is 1. The van der Waals surface area contributed by atoms with Crippen molar-refractivity contribution in [2.24, 2.45) is 5.92 Å². The summed E-state index contributed by atoms with van der Waals surface area (Å²) < 4.78 is 72.1. The summed E-state index contributed by atoms with van der Waals surface area (Å²) in [6.45, 7) is 1.26. The maximum absolute atomic E-state index is 13.6. The van der Waals surface area contributed by atoms with Gasteiger partial charge in [-0.05, 0) is 68.5 Å². The summed E-state index contributed by atoms with van der Waals surface area (Å²) >= 11 is 0. The molecule has 1 saturated heterocycles. The van der Waals surface area contributed by atoms with Crippen LogP contribution in [0.4, 0.5) is 13.2 Å². The fourth-order valence-electron chi connectivity index (χ4n) is 5.98. The Morgan fingerprint density at radius 2 is 1.74 bits per heavy atom. The van der Waals surface area contributed by atoms with Crippen molar-refractivity contribution in [3.63, 3.8) is 0 Å². The van der Waals surface area contributed by atoms with Crippen molar-refractivity contribution in [2.45, 2.75) is 81.2 Å². The Morgan fingerprint density at radius 1 is 1.02 bits per heavy atom. The number of benzene rings is 1. The van der Waals surface area contributed by atoms with Crippen molar-refractivity contribution in [3.05, 3.63) is 72.1 Å². The number of carbonyl (C=O) groups is 3. The van der Waals surface area contributed by atoms with E-state index in [0.717, 1.165) is 42.1 Å². The van der Waals surface area contributed by atoms with Gasteiger partial charge >= 0.3 is 6.18 Å². The lowest BCUT2D eigenvalue weighted by atomic mass is 9.97. The van der Waals surface area contributed by atoms with Crippen molar-refractivity contribution < 1.29 is 40.4 Å². The minimum atomic E-state index is -4.49. The quantitative estimate of drug-likeness (QED) is 0.331. The number of halogens is 3. The van der Waals surface area contributed by atoms with Gasteiger partial charge in [0.1, 0.15) is 11.8 Å². The van der Waals surface area contributed by atoms with Gasteiger partial charge < -0.3 is 15.1 Å². The molecule has 5 rings (SSSR count). The zero-order chi connectivity index (χ0) is 33.1. The summed E-state index contributed by atoms with van der Waals surface area (Å²) in [5.74, 6) is -1.51. The van der Waals surface area contributed by atoms with Crippen LogP contribution in [-0.2, 0) is 25.8 Å². The largest absolute Gasteiger partial charge is 0.451 e. The van der Waals surface area contributed by atoms with E-state index in [4.69, 9.17) is 4.42 Å². The summed E-state index contributed by atoms with van der Waals surface area (Å²) in [5, 5.41) is 5.30. The highest BCUT2D eigenvalue weighted by Crippen LogP contribution is 2.32. The van der Waals surface area contributed by atoms with Crippen molar-refractivity contribution in [1.82, 2.24) is 19.9 Å². The summed E-state index contributed by atoms with van der Waals surface area (Å²) in [6, 6.07) is 9.16. The molecular formula is C32H35F3N4O6S. The molecule has 1 aromatic carbocycles. The average Bonchev–Trinajstić information content (AvgIpc) is 3.71. The molecule has 3 atom stereocenters. The molecule has 3 heterocycles. The molecule has 10 nitrogen and oxygen atoms in total.